The molecule has 4 aromatic carbocycles. The molecule has 0 aliphatic carbocycles. The van der Waals surface area contributed by atoms with E-state index < -0.39 is 148 Å². The van der Waals surface area contributed by atoms with Gasteiger partial charge in [-0.2, -0.15) is 0 Å². The molecule has 0 saturated heterocycles. The Balaban J connectivity index is 2.24. The Hall–Kier alpha value is -4.26. The molecule has 19 heteroatoms. The molecule has 0 unspecified atom stereocenters. The number of rotatable bonds is 6. The average molecular weight is 783 g/mol. The van der Waals surface area contributed by atoms with Crippen LogP contribution in [-0.2, 0) is 0 Å². The number of fused-ring (bicyclic) bond motifs is 1. The first-order valence-corrected chi connectivity index (χ1v) is 21.4. The van der Waals surface area contributed by atoms with Crippen molar-refractivity contribution in [1.82, 2.24) is 4.98 Å². The fourth-order valence-corrected chi connectivity index (χ4v) is 12.1. The van der Waals surface area contributed by atoms with E-state index in [4.69, 9.17) is 0 Å². The molecule has 5 aromatic rings. The first-order valence-electron chi connectivity index (χ1n) is 14.9. The van der Waals surface area contributed by atoms with Crippen LogP contribution in [0.25, 0.3) is 22.0 Å². The third-order valence-electron chi connectivity index (χ3n) is 8.88. The fourth-order valence-electron chi connectivity index (χ4n) is 6.68. The van der Waals surface area contributed by atoms with E-state index in [1.807, 2.05) is 0 Å². The summed E-state index contributed by atoms with van der Waals surface area (Å²) in [6.07, 6.45) is 1.04. The molecule has 5 rings (SSSR count). The van der Waals surface area contributed by atoms with Gasteiger partial charge in [-0.15, -0.1) is 0 Å². The van der Waals surface area contributed by atoms with Crippen molar-refractivity contribution < 1.29 is 65.9 Å². The Morgan fingerprint density at radius 1 is 0.442 bits per heavy atom. The number of hydrogen-bond acceptors (Lipinski definition) is 1. The quantitative estimate of drug-likeness (QED) is 0.0750. The highest BCUT2D eigenvalue weighted by Crippen LogP contribution is 2.34. The van der Waals surface area contributed by atoms with Crippen LogP contribution in [-0.4, -0.2) is 27.8 Å². The zero-order chi connectivity index (χ0) is 39.3. The van der Waals surface area contributed by atoms with E-state index >= 15 is 26.3 Å². The van der Waals surface area contributed by atoms with Gasteiger partial charge in [-0.3, -0.25) is 4.98 Å². The van der Waals surface area contributed by atoms with Gasteiger partial charge in [0.15, 0.2) is 75.6 Å². The summed E-state index contributed by atoms with van der Waals surface area (Å²) in [6.45, 7) is 4.56. The van der Waals surface area contributed by atoms with Crippen molar-refractivity contribution in [2.75, 3.05) is 0 Å². The molecular weight excluding hydrogens is 762 g/mol. The zero-order valence-corrected chi connectivity index (χ0v) is 29.4. The van der Waals surface area contributed by atoms with Gasteiger partial charge < -0.3 is 0 Å². The highest BCUT2D eigenvalue weighted by Gasteiger charge is 2.46. The third kappa shape index (κ3) is 5.52. The third-order valence-corrected chi connectivity index (χ3v) is 14.3. The van der Waals surface area contributed by atoms with Gasteiger partial charge in [-0.1, -0.05) is 51.1 Å². The molecule has 0 atom stereocenters. The van der Waals surface area contributed by atoms with E-state index in [0.29, 0.717) is 6.82 Å². The van der Waals surface area contributed by atoms with Crippen LogP contribution in [0.1, 0.15) is 0 Å². The maximum absolute atomic E-state index is 16.0. The second-order valence-corrected chi connectivity index (χ2v) is 22.7. The molecule has 274 valence electrons. The van der Waals surface area contributed by atoms with Crippen LogP contribution in [0.15, 0.2) is 18.3 Å². The first kappa shape index (κ1) is 39.0. The van der Waals surface area contributed by atoms with Crippen molar-refractivity contribution in [3.63, 3.8) is 0 Å². The highest BCUT2D eigenvalue weighted by molar-refractivity contribution is 7.07. The van der Waals surface area contributed by atoms with Gasteiger partial charge in [0.1, 0.15) is 8.07 Å². The number of pyridine rings is 1. The highest BCUT2D eigenvalue weighted by atomic mass is 28.3. The minimum Gasteiger partial charge on any atom is -0.256 e. The molecule has 1 aromatic heterocycles. The van der Waals surface area contributed by atoms with E-state index in [0.717, 1.165) is 19.3 Å². The number of benzene rings is 4. The van der Waals surface area contributed by atoms with Crippen molar-refractivity contribution in [3.05, 3.63) is 106 Å². The van der Waals surface area contributed by atoms with Crippen molar-refractivity contribution in [3.8, 4) is 11.1 Å². The summed E-state index contributed by atoms with van der Waals surface area (Å²) in [5.74, 6) is -37.7. The van der Waals surface area contributed by atoms with Crippen LogP contribution in [0.3, 0.4) is 0 Å². The van der Waals surface area contributed by atoms with Crippen LogP contribution in [0, 0.1) is 87.3 Å². The van der Waals surface area contributed by atoms with Crippen molar-refractivity contribution >= 4 is 60.2 Å². The summed E-state index contributed by atoms with van der Waals surface area (Å²) < 4.78 is 226. The second-order valence-electron chi connectivity index (χ2n) is 13.4. The molecule has 0 radical (unpaired) electrons. The normalized spacial score (nSPS) is 12.3. The summed E-state index contributed by atoms with van der Waals surface area (Å²) in [5.41, 5.74) is -5.98. The lowest BCUT2D eigenvalue weighted by Crippen LogP contribution is -2.67. The van der Waals surface area contributed by atoms with Gasteiger partial charge in [-0.25, -0.2) is 65.9 Å². The summed E-state index contributed by atoms with van der Waals surface area (Å²) in [4.78, 5) is 4.19. The Labute approximate surface area is 287 Å². The molecule has 1 heterocycles. The molecular formula is C33H21BF15NSi2. The number of hydrogen-bond donors (Lipinski definition) is 0. The molecule has 0 aliphatic rings. The van der Waals surface area contributed by atoms with Gasteiger partial charge in [-0.05, 0) is 27.4 Å². The van der Waals surface area contributed by atoms with Crippen LogP contribution in [0.2, 0.25) is 39.6 Å². The lowest BCUT2D eigenvalue weighted by molar-refractivity contribution is 0.381. The molecule has 0 N–H and O–H groups in total. The van der Waals surface area contributed by atoms with E-state index in [-0.39, 0.29) is 10.6 Å². The van der Waals surface area contributed by atoms with Crippen molar-refractivity contribution in [2.45, 2.75) is 39.6 Å². The Bertz CT molecular complexity index is 2270. The lowest BCUT2D eigenvalue weighted by atomic mass is 9.41. The Morgan fingerprint density at radius 2 is 0.827 bits per heavy atom. The molecule has 52 heavy (non-hydrogen) atoms. The first-order chi connectivity index (χ1) is 23.9. The topological polar surface area (TPSA) is 12.9 Å². The Kier molecular flexibility index (Phi) is 9.74. The molecule has 0 fully saturated rings. The molecule has 1 nitrogen and oxygen atoms in total. The summed E-state index contributed by atoms with van der Waals surface area (Å²) >= 11 is 0. The van der Waals surface area contributed by atoms with Gasteiger partial charge in [0.25, 0.3) is 0 Å². The van der Waals surface area contributed by atoms with Crippen molar-refractivity contribution in [2.24, 2.45) is 0 Å². The van der Waals surface area contributed by atoms with Crippen molar-refractivity contribution in [1.29, 1.82) is 0 Å². The number of nitrogens with zero attached hydrogens (tertiary/aromatic N) is 1. The Morgan fingerprint density at radius 3 is 1.25 bits per heavy atom. The van der Waals surface area contributed by atoms with E-state index in [1.54, 1.807) is 0 Å². The van der Waals surface area contributed by atoms with E-state index in [1.165, 1.54) is 31.8 Å². The molecule has 0 amide bonds. The lowest BCUT2D eigenvalue weighted by Gasteiger charge is -2.36. The fraction of sp³-hybridized carbons (Fsp3) is 0.182. The minimum atomic E-state index is -4.88. The monoisotopic (exact) mass is 783 g/mol. The largest absolute Gasteiger partial charge is 0.256 e. The summed E-state index contributed by atoms with van der Waals surface area (Å²) in [5, 5.41) is -2.74. The van der Waals surface area contributed by atoms with E-state index in [2.05, 4.69) is 4.98 Å². The van der Waals surface area contributed by atoms with Gasteiger partial charge in [0.2, 0.25) is 18.3 Å². The zero-order valence-electron chi connectivity index (χ0n) is 27.4. The number of aromatic nitrogens is 1. The maximum Gasteiger partial charge on any atom is 0.215 e. The predicted octanol–water partition coefficient (Wildman–Crippen LogP) is 7.59. The SMILES string of the molecule is CB(c1c(F)c(F)c(F)c(F)c1F)c1c(-c2c(F)c(F)c(F)c(F)c2F)c([Si](C)(C)C)c2cccnc2c1[Si](C)(C)c1c(F)c(F)c(F)c(F)c1F. The number of halogens is 15. The maximum atomic E-state index is 16.0. The standard InChI is InChI=1S/C33H21BF15NSi2/c1-34(14-17(37)21(41)24(44)22(42)18(14)38)13-11(12-15(35)19(39)23(43)20(40)16(12)36)31(51(2,3)4)10-8-7-9-50-30(10)32(13)52(5,6)33-28(48)26(46)25(45)27(47)29(33)49/h7-9H,1-6H3. The van der Waals surface area contributed by atoms with E-state index in [9.17, 15) is 39.5 Å². The van der Waals surface area contributed by atoms with Gasteiger partial charge >= 0.3 is 0 Å². The van der Waals surface area contributed by atoms with Crippen LogP contribution >= 0.6 is 0 Å². The van der Waals surface area contributed by atoms with Crippen LogP contribution < -0.4 is 26.5 Å². The molecule has 0 bridgehead atoms. The van der Waals surface area contributed by atoms with Gasteiger partial charge in [0.05, 0.1) is 19.2 Å². The summed E-state index contributed by atoms with van der Waals surface area (Å²) in [6, 6.07) is 2.42. The van der Waals surface area contributed by atoms with Gasteiger partial charge in [0, 0.05) is 16.8 Å². The summed E-state index contributed by atoms with van der Waals surface area (Å²) in [7, 11) is -8.26. The van der Waals surface area contributed by atoms with Crippen LogP contribution in [0.4, 0.5) is 65.9 Å². The molecule has 0 aliphatic heterocycles. The predicted molar refractivity (Wildman–Crippen MR) is 170 cm³/mol. The average Bonchev–Trinajstić information content (AvgIpc) is 3.08. The van der Waals surface area contributed by atoms with Crippen LogP contribution in [0.5, 0.6) is 0 Å². The molecule has 0 spiro atoms. The smallest absolute Gasteiger partial charge is 0.215 e. The minimum absolute atomic E-state index is 0.201. The molecule has 0 saturated carbocycles. The second kappa shape index (κ2) is 13.0.